The smallest absolute Gasteiger partial charge is 0.333 e. The summed E-state index contributed by atoms with van der Waals surface area (Å²) in [6.07, 6.45) is -1.07. The lowest BCUT2D eigenvalue weighted by atomic mass is 10.0. The van der Waals surface area contributed by atoms with E-state index in [4.69, 9.17) is 13.8 Å². The van der Waals surface area contributed by atoms with Gasteiger partial charge in [0.25, 0.3) is 0 Å². The van der Waals surface area contributed by atoms with E-state index in [-0.39, 0.29) is 19.4 Å². The van der Waals surface area contributed by atoms with Crippen LogP contribution in [0.25, 0.3) is 0 Å². The second-order valence-corrected chi connectivity index (χ2v) is 8.06. The molecule has 0 aliphatic rings. The van der Waals surface area contributed by atoms with Crippen molar-refractivity contribution in [2.75, 3.05) is 31.8 Å². The number of nitrogens with one attached hydrogen (secondary N) is 1. The van der Waals surface area contributed by atoms with Gasteiger partial charge in [-0.15, -0.1) is 0 Å². The molecular formula is C20H28NO5P. The highest BCUT2D eigenvalue weighted by molar-refractivity contribution is 7.53. The fourth-order valence-corrected chi connectivity index (χ4v) is 4.54. The summed E-state index contributed by atoms with van der Waals surface area (Å²) in [5, 5.41) is 14.2. The Morgan fingerprint density at radius 3 is 2.11 bits per heavy atom. The van der Waals surface area contributed by atoms with E-state index in [0.717, 1.165) is 17.0 Å². The second kappa shape index (κ2) is 10.5. The third-order valence-electron chi connectivity index (χ3n) is 4.02. The van der Waals surface area contributed by atoms with E-state index < -0.39 is 19.7 Å². The Morgan fingerprint density at radius 1 is 1.00 bits per heavy atom. The summed E-state index contributed by atoms with van der Waals surface area (Å²) in [5.41, 5.74) is 1.69. The van der Waals surface area contributed by atoms with Crippen molar-refractivity contribution in [1.82, 2.24) is 0 Å². The van der Waals surface area contributed by atoms with Gasteiger partial charge in [-0.25, -0.2) is 0 Å². The number of ether oxygens (including phenoxy) is 1. The van der Waals surface area contributed by atoms with Crippen molar-refractivity contribution in [2.45, 2.75) is 26.0 Å². The molecule has 0 amide bonds. The zero-order chi connectivity index (χ0) is 19.7. The zero-order valence-electron chi connectivity index (χ0n) is 16.0. The van der Waals surface area contributed by atoms with Gasteiger partial charge in [-0.3, -0.25) is 4.57 Å². The molecule has 0 unspecified atom stereocenters. The maximum Gasteiger partial charge on any atom is 0.333 e. The van der Waals surface area contributed by atoms with E-state index in [2.05, 4.69) is 5.32 Å². The quantitative estimate of drug-likeness (QED) is 0.549. The van der Waals surface area contributed by atoms with E-state index in [0.29, 0.717) is 0 Å². The van der Waals surface area contributed by atoms with Crippen molar-refractivity contribution in [3.8, 4) is 5.75 Å². The van der Waals surface area contributed by atoms with Gasteiger partial charge in [-0.1, -0.05) is 30.3 Å². The summed E-state index contributed by atoms with van der Waals surface area (Å²) in [7, 11) is -1.77. The maximum atomic E-state index is 12.8. The zero-order valence-corrected chi connectivity index (χ0v) is 16.9. The van der Waals surface area contributed by atoms with Crippen molar-refractivity contribution in [3.05, 3.63) is 60.2 Å². The monoisotopic (exact) mass is 393 g/mol. The van der Waals surface area contributed by atoms with Crippen LogP contribution in [0, 0.1) is 0 Å². The number of methoxy groups -OCH3 is 1. The summed E-state index contributed by atoms with van der Waals surface area (Å²) in [5.74, 6) is 0.745. The molecule has 0 fully saturated rings. The molecule has 2 aromatic carbocycles. The summed E-state index contributed by atoms with van der Waals surface area (Å²) in [4.78, 5) is 0. The summed E-state index contributed by atoms with van der Waals surface area (Å²) >= 11 is 0. The molecule has 0 heterocycles. The minimum Gasteiger partial charge on any atom is -0.497 e. The highest BCUT2D eigenvalue weighted by Gasteiger charge is 2.32. The molecule has 0 spiro atoms. The maximum absolute atomic E-state index is 12.8. The normalized spacial score (nSPS) is 13.8. The van der Waals surface area contributed by atoms with E-state index in [1.807, 2.05) is 54.6 Å². The van der Waals surface area contributed by atoms with Crippen LogP contribution < -0.4 is 10.1 Å². The molecule has 2 N–H and O–H groups in total. The second-order valence-electron chi connectivity index (χ2n) is 5.96. The highest BCUT2D eigenvalue weighted by Crippen LogP contribution is 2.49. The van der Waals surface area contributed by atoms with Crippen molar-refractivity contribution < 1.29 is 23.5 Å². The standard InChI is InChI=1S/C20H28NO5P/c1-4-25-27(23,26-5-2)15-19(22)20(16-9-7-6-8-10-16)21-17-11-13-18(24-3)14-12-17/h6-14,19-22H,4-5,15H2,1-3H3/t19-,20-/m1/s1. The van der Waals surface area contributed by atoms with Crippen LogP contribution in [0.4, 0.5) is 5.69 Å². The van der Waals surface area contributed by atoms with Crippen LogP contribution in [0.5, 0.6) is 5.75 Å². The number of aliphatic hydroxyl groups is 1. The van der Waals surface area contributed by atoms with Gasteiger partial charge in [0.2, 0.25) is 0 Å². The van der Waals surface area contributed by atoms with Gasteiger partial charge in [0.15, 0.2) is 0 Å². The molecule has 0 aromatic heterocycles. The minimum atomic E-state index is -3.38. The molecule has 7 heteroatoms. The lowest BCUT2D eigenvalue weighted by molar-refractivity contribution is 0.153. The molecular weight excluding hydrogens is 365 g/mol. The topological polar surface area (TPSA) is 77.0 Å². The van der Waals surface area contributed by atoms with Crippen LogP contribution in [0.2, 0.25) is 0 Å². The van der Waals surface area contributed by atoms with E-state index in [9.17, 15) is 9.67 Å². The first-order valence-electron chi connectivity index (χ1n) is 9.03. The van der Waals surface area contributed by atoms with E-state index >= 15 is 0 Å². The number of hydrogen-bond donors (Lipinski definition) is 2. The molecule has 0 saturated carbocycles. The van der Waals surface area contributed by atoms with E-state index in [1.54, 1.807) is 21.0 Å². The molecule has 0 saturated heterocycles. The van der Waals surface area contributed by atoms with Crippen LogP contribution in [-0.2, 0) is 13.6 Å². The third kappa shape index (κ3) is 6.36. The average Bonchev–Trinajstić information content (AvgIpc) is 2.67. The first-order chi connectivity index (χ1) is 13.0. The largest absolute Gasteiger partial charge is 0.497 e. The Balaban J connectivity index is 2.24. The first kappa shape index (κ1) is 21.5. The van der Waals surface area contributed by atoms with Gasteiger partial charge >= 0.3 is 7.60 Å². The molecule has 2 rings (SSSR count). The van der Waals surface area contributed by atoms with Crippen molar-refractivity contribution in [1.29, 1.82) is 0 Å². The predicted molar refractivity (Wildman–Crippen MR) is 108 cm³/mol. The van der Waals surface area contributed by atoms with Crippen LogP contribution in [-0.4, -0.2) is 37.7 Å². The molecule has 148 valence electrons. The van der Waals surface area contributed by atoms with Crippen LogP contribution in [0.1, 0.15) is 25.5 Å². The van der Waals surface area contributed by atoms with Gasteiger partial charge in [0.1, 0.15) is 5.75 Å². The van der Waals surface area contributed by atoms with Crippen LogP contribution >= 0.6 is 7.60 Å². The van der Waals surface area contributed by atoms with E-state index in [1.165, 1.54) is 0 Å². The third-order valence-corrected chi connectivity index (χ3v) is 6.14. The minimum absolute atomic E-state index is 0.0998. The lowest BCUT2D eigenvalue weighted by Crippen LogP contribution is -2.29. The molecule has 2 atom stereocenters. The van der Waals surface area contributed by atoms with Crippen LogP contribution in [0.3, 0.4) is 0 Å². The Bertz CT molecular complexity index is 713. The number of rotatable bonds is 11. The Kier molecular flexibility index (Phi) is 8.32. The van der Waals surface area contributed by atoms with Crippen molar-refractivity contribution in [3.63, 3.8) is 0 Å². The molecule has 0 bridgehead atoms. The van der Waals surface area contributed by atoms with Gasteiger partial charge in [-0.2, -0.15) is 0 Å². The van der Waals surface area contributed by atoms with Gasteiger partial charge < -0.3 is 24.2 Å². The summed E-state index contributed by atoms with van der Waals surface area (Å²) < 4.78 is 28.7. The molecule has 0 aliphatic heterocycles. The fraction of sp³-hybridized carbons (Fsp3) is 0.400. The number of benzene rings is 2. The average molecular weight is 393 g/mol. The number of hydrogen-bond acceptors (Lipinski definition) is 6. The Morgan fingerprint density at radius 2 is 1.59 bits per heavy atom. The molecule has 0 aliphatic carbocycles. The molecule has 27 heavy (non-hydrogen) atoms. The SMILES string of the molecule is CCOP(=O)(C[C@@H](O)[C@H](Nc1ccc(OC)cc1)c1ccccc1)OCC. The number of aliphatic hydroxyl groups excluding tert-OH is 1. The van der Waals surface area contributed by atoms with Gasteiger partial charge in [0, 0.05) is 5.69 Å². The first-order valence-corrected chi connectivity index (χ1v) is 10.8. The van der Waals surface area contributed by atoms with Crippen molar-refractivity contribution in [2.24, 2.45) is 0 Å². The van der Waals surface area contributed by atoms with Crippen molar-refractivity contribution >= 4 is 13.3 Å². The lowest BCUT2D eigenvalue weighted by Gasteiger charge is -2.28. The van der Waals surface area contributed by atoms with Crippen LogP contribution in [0.15, 0.2) is 54.6 Å². The Hall–Kier alpha value is -1.85. The molecule has 0 radical (unpaired) electrons. The number of anilines is 1. The summed E-state index contributed by atoms with van der Waals surface area (Å²) in [6, 6.07) is 16.5. The summed E-state index contributed by atoms with van der Waals surface area (Å²) in [6.45, 7) is 4.02. The van der Waals surface area contributed by atoms with Gasteiger partial charge in [-0.05, 0) is 43.7 Å². The predicted octanol–water partition coefficient (Wildman–Crippen LogP) is 4.48. The Labute approximate surface area is 161 Å². The molecule has 6 nitrogen and oxygen atoms in total. The molecule has 2 aromatic rings. The fourth-order valence-electron chi connectivity index (χ4n) is 2.80. The van der Waals surface area contributed by atoms with Gasteiger partial charge in [0.05, 0.1) is 38.6 Å². The highest BCUT2D eigenvalue weighted by atomic mass is 31.2.